The van der Waals surface area contributed by atoms with Crippen molar-refractivity contribution in [2.45, 2.75) is 64.1 Å². The number of benzene rings is 2. The van der Waals surface area contributed by atoms with Crippen molar-refractivity contribution in [3.05, 3.63) is 81.1 Å². The molecule has 2 aliphatic carbocycles. The maximum absolute atomic E-state index is 13.7. The summed E-state index contributed by atoms with van der Waals surface area (Å²) in [5.41, 5.74) is 6.43. The van der Waals surface area contributed by atoms with Gasteiger partial charge in [-0.1, -0.05) is 24.3 Å². The van der Waals surface area contributed by atoms with Gasteiger partial charge in [0.15, 0.2) is 11.5 Å². The predicted octanol–water partition coefficient (Wildman–Crippen LogP) is 5.34. The molecule has 46 heavy (non-hydrogen) atoms. The Labute approximate surface area is 267 Å². The molecule has 1 aromatic heterocycles. The minimum absolute atomic E-state index is 0.142. The summed E-state index contributed by atoms with van der Waals surface area (Å²) >= 11 is 0. The molecule has 0 aliphatic heterocycles. The van der Waals surface area contributed by atoms with E-state index in [4.69, 9.17) is 14.2 Å². The Hall–Kier alpha value is -4.99. The second-order valence-corrected chi connectivity index (χ2v) is 12.0. The van der Waals surface area contributed by atoms with Crippen LogP contribution in [0.25, 0.3) is 22.0 Å². The molecule has 1 unspecified atom stereocenters. The zero-order chi connectivity index (χ0) is 32.5. The topological polar surface area (TPSA) is 131 Å². The average Bonchev–Trinajstić information content (AvgIpc) is 3.28. The third kappa shape index (κ3) is 5.63. The van der Waals surface area contributed by atoms with Gasteiger partial charge in [0.2, 0.25) is 23.0 Å². The molecule has 3 aromatic carbocycles. The lowest BCUT2D eigenvalue weighted by Crippen LogP contribution is -2.41. The molecule has 10 heteroatoms. The number of carbonyl (C=O) groups excluding carboxylic acids is 2. The highest BCUT2D eigenvalue weighted by Crippen LogP contribution is 2.50. The van der Waals surface area contributed by atoms with Crippen LogP contribution in [0.15, 0.2) is 53.3 Å². The first-order valence-electron chi connectivity index (χ1n) is 15.7. The largest absolute Gasteiger partial charge is 0.493 e. The molecular weight excluding hydrogens is 584 g/mol. The molecule has 2 aliphatic rings. The highest BCUT2D eigenvalue weighted by molar-refractivity contribution is 5.88. The molecule has 10 nitrogen and oxygen atoms in total. The normalized spacial score (nSPS) is 17.4. The maximum Gasteiger partial charge on any atom is 0.242 e. The van der Waals surface area contributed by atoms with Crippen LogP contribution in [0.1, 0.15) is 67.6 Å². The number of hydrogen-bond acceptors (Lipinski definition) is 7. The second kappa shape index (κ2) is 12.8. The van der Waals surface area contributed by atoms with E-state index >= 15 is 0 Å². The van der Waals surface area contributed by atoms with Gasteiger partial charge < -0.3 is 35.1 Å². The molecular formula is C36H40N4O6. The van der Waals surface area contributed by atoms with Crippen molar-refractivity contribution < 1.29 is 23.8 Å². The summed E-state index contributed by atoms with van der Waals surface area (Å²) in [7, 11) is 4.68. The molecule has 4 aromatic rings. The van der Waals surface area contributed by atoms with Crippen LogP contribution in [-0.2, 0) is 22.4 Å². The number of ether oxygens (including phenoxy) is 3. The first-order chi connectivity index (χ1) is 22.2. The van der Waals surface area contributed by atoms with Crippen LogP contribution < -0.4 is 35.6 Å². The number of carbonyl (C=O) groups is 2. The van der Waals surface area contributed by atoms with Gasteiger partial charge in [0.25, 0.3) is 0 Å². The van der Waals surface area contributed by atoms with Gasteiger partial charge in [-0.3, -0.25) is 14.4 Å². The highest BCUT2D eigenvalue weighted by Gasteiger charge is 2.30. The molecule has 0 bridgehead atoms. The Balaban J connectivity index is 1.34. The van der Waals surface area contributed by atoms with Crippen LogP contribution in [0.5, 0.6) is 17.2 Å². The first-order valence-corrected chi connectivity index (χ1v) is 15.7. The van der Waals surface area contributed by atoms with Crippen LogP contribution in [0.3, 0.4) is 0 Å². The van der Waals surface area contributed by atoms with Crippen molar-refractivity contribution in [3.8, 4) is 28.4 Å². The number of amides is 2. The smallest absolute Gasteiger partial charge is 0.242 e. The third-order valence-corrected chi connectivity index (χ3v) is 9.11. The van der Waals surface area contributed by atoms with E-state index in [1.165, 1.54) is 17.9 Å². The van der Waals surface area contributed by atoms with Crippen molar-refractivity contribution in [1.82, 2.24) is 15.6 Å². The van der Waals surface area contributed by atoms with E-state index < -0.39 is 12.1 Å². The van der Waals surface area contributed by atoms with Crippen molar-refractivity contribution >= 4 is 28.4 Å². The van der Waals surface area contributed by atoms with Gasteiger partial charge in [-0.05, 0) is 85.5 Å². The number of rotatable bonds is 8. The number of hydrogen-bond donors (Lipinski definition) is 4. The number of methoxy groups -OCH3 is 3. The van der Waals surface area contributed by atoms with Gasteiger partial charge in [0.1, 0.15) is 6.04 Å². The zero-order valence-corrected chi connectivity index (χ0v) is 26.8. The maximum atomic E-state index is 13.7. The molecule has 240 valence electrons. The van der Waals surface area contributed by atoms with E-state index in [0.717, 1.165) is 47.2 Å². The van der Waals surface area contributed by atoms with Gasteiger partial charge in [-0.25, -0.2) is 0 Å². The molecule has 0 saturated carbocycles. The number of nitrogens with one attached hydrogen (secondary N) is 4. The highest BCUT2D eigenvalue weighted by atomic mass is 16.5. The number of para-hydroxylation sites is 1. The Morgan fingerprint density at radius 2 is 1.70 bits per heavy atom. The molecule has 3 atom stereocenters. The van der Waals surface area contributed by atoms with Crippen LogP contribution in [0, 0.1) is 0 Å². The van der Waals surface area contributed by atoms with Crippen LogP contribution >= 0.6 is 0 Å². The molecule has 6 rings (SSSR count). The summed E-state index contributed by atoms with van der Waals surface area (Å²) < 4.78 is 17.2. The summed E-state index contributed by atoms with van der Waals surface area (Å²) in [4.78, 5) is 43.0. The lowest BCUT2D eigenvalue weighted by Gasteiger charge is -2.25. The summed E-state index contributed by atoms with van der Waals surface area (Å²) in [5, 5.41) is 10.6. The molecule has 1 heterocycles. The summed E-state index contributed by atoms with van der Waals surface area (Å²) in [6, 6.07) is 13.9. The van der Waals surface area contributed by atoms with E-state index in [0.29, 0.717) is 35.7 Å². The van der Waals surface area contributed by atoms with Crippen molar-refractivity contribution in [2.75, 3.05) is 26.6 Å². The second-order valence-electron chi connectivity index (χ2n) is 12.0. The predicted molar refractivity (Wildman–Crippen MR) is 178 cm³/mol. The summed E-state index contributed by atoms with van der Waals surface area (Å²) in [6.07, 6.45) is 3.93. The SMILES string of the molecule is COc1cc2c(c(OC)c1OC)-c1ccc(N[C@@H](C)C(=O)NC3CCCc4c3[nH]c3ccccc43)c(=O)cc1[C@@H](NC(C)=O)CC2. The molecule has 4 N–H and O–H groups in total. The first kappa shape index (κ1) is 31.0. The standard InChI is InChI=1S/C36H40N4O6/c1-19(36(43)40-29-12-8-10-24-22-9-6-7-11-26(22)39-33(24)29)37-28-16-14-23-25(18-30(28)42)27(38-20(2)41)15-13-21-17-31(44-3)34(45-4)35(46-5)32(21)23/h6-7,9,11,14,16-19,27,29,39H,8,10,12-13,15H2,1-5H3,(H,37,42)(H,38,41)(H,40,43)/t19-,27-,29?/m0/s1. The van der Waals surface area contributed by atoms with Crippen LogP contribution in [0.4, 0.5) is 5.69 Å². The van der Waals surface area contributed by atoms with Crippen LogP contribution in [-0.4, -0.2) is 44.2 Å². The Bertz CT molecular complexity index is 1880. The number of fused-ring (bicyclic) bond motifs is 6. The number of anilines is 1. The van der Waals surface area contributed by atoms with Gasteiger partial charge in [-0.15, -0.1) is 0 Å². The van der Waals surface area contributed by atoms with Gasteiger partial charge >= 0.3 is 0 Å². The van der Waals surface area contributed by atoms with Gasteiger partial charge in [-0.2, -0.15) is 0 Å². The number of aryl methyl sites for hydroxylation is 2. The van der Waals surface area contributed by atoms with Crippen molar-refractivity contribution in [1.29, 1.82) is 0 Å². The minimum atomic E-state index is -0.693. The van der Waals surface area contributed by atoms with Crippen molar-refractivity contribution in [3.63, 3.8) is 0 Å². The summed E-state index contributed by atoms with van der Waals surface area (Å²) in [5.74, 6) is 1.04. The molecule has 0 saturated heterocycles. The third-order valence-electron chi connectivity index (χ3n) is 9.11. The fourth-order valence-corrected chi connectivity index (χ4v) is 6.98. The Morgan fingerprint density at radius 3 is 2.43 bits per heavy atom. The molecule has 0 fully saturated rings. The molecule has 0 radical (unpaired) electrons. The number of aromatic amines is 1. The van der Waals surface area contributed by atoms with Crippen LogP contribution in [0.2, 0.25) is 0 Å². The van der Waals surface area contributed by atoms with E-state index in [2.05, 4.69) is 33.1 Å². The summed E-state index contributed by atoms with van der Waals surface area (Å²) in [6.45, 7) is 3.21. The van der Waals surface area contributed by atoms with E-state index in [9.17, 15) is 14.4 Å². The number of aromatic nitrogens is 1. The van der Waals surface area contributed by atoms with Gasteiger partial charge in [0, 0.05) is 29.1 Å². The Morgan fingerprint density at radius 1 is 0.913 bits per heavy atom. The quantitative estimate of drug-likeness (QED) is 0.208. The van der Waals surface area contributed by atoms with E-state index in [-0.39, 0.29) is 29.0 Å². The zero-order valence-electron chi connectivity index (χ0n) is 26.8. The minimum Gasteiger partial charge on any atom is -0.493 e. The average molecular weight is 625 g/mol. The molecule has 0 spiro atoms. The monoisotopic (exact) mass is 624 g/mol. The fraction of sp³-hybridized carbons (Fsp3) is 0.361. The fourth-order valence-electron chi connectivity index (χ4n) is 6.98. The lowest BCUT2D eigenvalue weighted by atomic mass is 9.91. The number of H-pyrrole nitrogens is 1. The lowest BCUT2D eigenvalue weighted by molar-refractivity contribution is -0.122. The van der Waals surface area contributed by atoms with E-state index in [1.807, 2.05) is 24.3 Å². The van der Waals surface area contributed by atoms with Crippen molar-refractivity contribution in [2.24, 2.45) is 0 Å². The molecule has 2 amide bonds. The van der Waals surface area contributed by atoms with E-state index in [1.54, 1.807) is 40.4 Å². The van der Waals surface area contributed by atoms with Gasteiger partial charge in [0.05, 0.1) is 39.1 Å². The Kier molecular flexibility index (Phi) is 8.62.